The fourth-order valence-electron chi connectivity index (χ4n) is 0.412. The molecule has 0 heterocycles. The average molecular weight is 244 g/mol. The van der Waals surface area contributed by atoms with Crippen molar-refractivity contribution in [1.29, 1.82) is 0 Å². The van der Waals surface area contributed by atoms with Gasteiger partial charge in [-0.3, -0.25) is 0 Å². The molecule has 0 aromatic rings. The van der Waals surface area contributed by atoms with Gasteiger partial charge in [0.05, 0.1) is 6.61 Å². The third kappa shape index (κ3) is 10.9. The number of hydrogen-bond donors (Lipinski definition) is 0. The second-order valence-electron chi connectivity index (χ2n) is 1.95. The van der Waals surface area contributed by atoms with Crippen LogP contribution in [0.15, 0.2) is 0 Å². The molecule has 0 unspecified atom stereocenters. The van der Waals surface area contributed by atoms with Crippen molar-refractivity contribution in [3.05, 3.63) is 0 Å². The molecule has 0 aromatic carbocycles. The molecule has 0 atom stereocenters. The van der Waals surface area contributed by atoms with E-state index in [4.69, 9.17) is 17.0 Å². The summed E-state index contributed by atoms with van der Waals surface area (Å²) in [7, 11) is 0. The molecule has 0 aromatic heterocycles. The second kappa shape index (κ2) is 10.9. The van der Waals surface area contributed by atoms with E-state index >= 15 is 0 Å². The predicted octanol–water partition coefficient (Wildman–Crippen LogP) is 2.84. The van der Waals surface area contributed by atoms with Crippen LogP contribution in [0.4, 0.5) is 0 Å². The van der Waals surface area contributed by atoms with Crippen LogP contribution in [0.25, 0.3) is 0 Å². The summed E-state index contributed by atoms with van der Waals surface area (Å²) in [5, 5.41) is 0. The molecule has 0 fully saturated rings. The van der Waals surface area contributed by atoms with E-state index in [1.165, 1.54) is 0 Å². The van der Waals surface area contributed by atoms with Crippen LogP contribution >= 0.6 is 24.0 Å². The zero-order valence-corrected chi connectivity index (χ0v) is 11.9. The minimum absolute atomic E-state index is 0. The van der Waals surface area contributed by atoms with E-state index in [1.54, 1.807) is 11.8 Å². The predicted molar refractivity (Wildman–Crippen MR) is 51.6 cm³/mol. The molecule has 0 saturated carbocycles. The molecular weight excluding hydrogens is 230 g/mol. The monoisotopic (exact) mass is 242 g/mol. The summed E-state index contributed by atoms with van der Waals surface area (Å²) < 4.78 is 5.89. The topological polar surface area (TPSA) is 9.23 Å². The molecule has 0 radical (unpaired) electrons. The van der Waals surface area contributed by atoms with E-state index in [2.05, 4.69) is 13.8 Å². The van der Waals surface area contributed by atoms with Gasteiger partial charge < -0.3 is 4.74 Å². The molecule has 0 rings (SSSR count). The number of rotatable bonds is 4. The summed E-state index contributed by atoms with van der Waals surface area (Å²) in [5.74, 6) is 1.07. The van der Waals surface area contributed by atoms with Crippen LogP contribution < -0.4 is 0 Å². The van der Waals surface area contributed by atoms with Crippen LogP contribution in [0.2, 0.25) is 0 Å². The Morgan fingerprint density at radius 2 is 2.00 bits per heavy atom. The molecule has 0 aliphatic carbocycles. The Bertz CT molecular complexity index is 88.4. The van der Waals surface area contributed by atoms with Crippen LogP contribution in [0, 0.1) is 0 Å². The van der Waals surface area contributed by atoms with Gasteiger partial charge in [0.15, 0.2) is 0 Å². The molecule has 1 nitrogen and oxygen atoms in total. The van der Waals surface area contributed by atoms with Crippen molar-refractivity contribution in [3.63, 3.8) is 0 Å². The smallest absolute Gasteiger partial charge is 0.219 e. The number of ether oxygens (including phenoxy) is 1. The fourth-order valence-corrected chi connectivity index (χ4v) is 1.28. The summed E-state index contributed by atoms with van der Waals surface area (Å²) in [6.07, 6.45) is 2.19. The maximum Gasteiger partial charge on any atom is 0.219 e. The standard InChI is InChI=1S/C7H14OS2.Zn/c1-3-5-8-7(9)10-6-4-2;/h3-6H2,1-2H3;. The van der Waals surface area contributed by atoms with E-state index in [0.717, 1.165) is 25.2 Å². The third-order valence-electron chi connectivity index (χ3n) is 0.848. The zero-order chi connectivity index (χ0) is 7.82. The van der Waals surface area contributed by atoms with Crippen LogP contribution in [-0.4, -0.2) is 16.7 Å². The molecule has 0 N–H and O–H groups in total. The number of thiocarbonyl (C=S) groups is 1. The van der Waals surface area contributed by atoms with Crippen LogP contribution in [0.1, 0.15) is 26.7 Å². The average Bonchev–Trinajstić information content (AvgIpc) is 1.97. The molecule has 11 heavy (non-hydrogen) atoms. The maximum atomic E-state index is 5.19. The van der Waals surface area contributed by atoms with Gasteiger partial charge in [-0.05, 0) is 25.1 Å². The zero-order valence-electron chi connectivity index (χ0n) is 7.26. The molecule has 4 heteroatoms. The normalized spacial score (nSPS) is 8.55. The first-order valence-corrected chi connectivity index (χ1v) is 5.00. The van der Waals surface area contributed by atoms with E-state index in [9.17, 15) is 0 Å². The first kappa shape index (κ1) is 14.4. The number of hydrogen-bond acceptors (Lipinski definition) is 3. The fraction of sp³-hybridized carbons (Fsp3) is 0.857. The summed E-state index contributed by atoms with van der Waals surface area (Å²) in [4.78, 5) is 0. The van der Waals surface area contributed by atoms with Crippen molar-refractivity contribution in [2.75, 3.05) is 12.4 Å². The molecular formula is C7H14OS2Zn. The van der Waals surface area contributed by atoms with Crippen molar-refractivity contribution in [2.24, 2.45) is 0 Å². The largest absolute Gasteiger partial charge is 0.479 e. The molecule has 0 aliphatic heterocycles. The van der Waals surface area contributed by atoms with Gasteiger partial charge in [-0.1, -0.05) is 25.6 Å². The molecule has 0 aliphatic rings. The summed E-state index contributed by atoms with van der Waals surface area (Å²) in [6, 6.07) is 0. The van der Waals surface area contributed by atoms with Crippen molar-refractivity contribution in [1.82, 2.24) is 0 Å². The Morgan fingerprint density at radius 1 is 1.36 bits per heavy atom. The molecule has 0 spiro atoms. The SMILES string of the molecule is CCCOC(=S)SCCC.[Zn]. The van der Waals surface area contributed by atoms with Gasteiger partial charge in [0.2, 0.25) is 4.38 Å². The van der Waals surface area contributed by atoms with Gasteiger partial charge >= 0.3 is 0 Å². The van der Waals surface area contributed by atoms with Crippen LogP contribution in [0.3, 0.4) is 0 Å². The first-order chi connectivity index (χ1) is 4.81. The Labute approximate surface area is 91.4 Å². The number of thioether (sulfide) groups is 1. The van der Waals surface area contributed by atoms with Crippen LogP contribution in [-0.2, 0) is 24.2 Å². The van der Waals surface area contributed by atoms with Gasteiger partial charge in [0.25, 0.3) is 0 Å². The Morgan fingerprint density at radius 3 is 2.45 bits per heavy atom. The van der Waals surface area contributed by atoms with Gasteiger partial charge in [-0.15, -0.1) is 0 Å². The maximum absolute atomic E-state index is 5.19. The van der Waals surface area contributed by atoms with Gasteiger partial charge in [-0.2, -0.15) is 0 Å². The van der Waals surface area contributed by atoms with Crippen molar-refractivity contribution in [3.8, 4) is 0 Å². The molecule has 0 amide bonds. The molecule has 0 bridgehead atoms. The summed E-state index contributed by atoms with van der Waals surface area (Å²) in [6.45, 7) is 4.97. The quantitative estimate of drug-likeness (QED) is 0.555. The van der Waals surface area contributed by atoms with Crippen molar-refractivity contribution >= 4 is 28.4 Å². The van der Waals surface area contributed by atoms with E-state index < -0.39 is 0 Å². The minimum atomic E-state index is 0. The van der Waals surface area contributed by atoms with Gasteiger partial charge in [0, 0.05) is 25.2 Å². The van der Waals surface area contributed by atoms with Gasteiger partial charge in [0.1, 0.15) is 0 Å². The third-order valence-corrected chi connectivity index (χ3v) is 2.29. The first-order valence-electron chi connectivity index (χ1n) is 3.60. The summed E-state index contributed by atoms with van der Waals surface area (Å²) >= 11 is 6.55. The Balaban J connectivity index is 0. The Hall–Kier alpha value is 0.863. The Kier molecular flexibility index (Phi) is 14.2. The summed E-state index contributed by atoms with van der Waals surface area (Å²) in [5.41, 5.74) is 0. The minimum Gasteiger partial charge on any atom is -0.479 e. The molecule has 62 valence electrons. The van der Waals surface area contributed by atoms with Crippen molar-refractivity contribution < 1.29 is 24.2 Å². The van der Waals surface area contributed by atoms with E-state index in [0.29, 0.717) is 4.38 Å². The van der Waals surface area contributed by atoms with Crippen LogP contribution in [0.5, 0.6) is 0 Å². The van der Waals surface area contributed by atoms with E-state index in [-0.39, 0.29) is 19.5 Å². The van der Waals surface area contributed by atoms with E-state index in [1.807, 2.05) is 0 Å². The van der Waals surface area contributed by atoms with Gasteiger partial charge in [-0.25, -0.2) is 0 Å². The second-order valence-corrected chi connectivity index (χ2v) is 3.64. The molecule has 0 saturated heterocycles. The van der Waals surface area contributed by atoms with Crippen molar-refractivity contribution in [2.45, 2.75) is 26.7 Å².